The Labute approximate surface area is 101 Å². The molecule has 4 N–H and O–H groups in total. The Morgan fingerprint density at radius 1 is 1.53 bits per heavy atom. The number of nitrogens with one attached hydrogen (secondary N) is 1. The number of amides is 1. The molecule has 6 heteroatoms. The van der Waals surface area contributed by atoms with Crippen LogP contribution < -0.4 is 11.1 Å². The third kappa shape index (κ3) is 3.09. The lowest BCUT2D eigenvalue weighted by Crippen LogP contribution is -2.53. The van der Waals surface area contributed by atoms with E-state index < -0.39 is 5.41 Å². The summed E-state index contributed by atoms with van der Waals surface area (Å²) in [5, 5.41) is 14.7. The molecule has 1 saturated heterocycles. The molecular weight excluding hydrogens is 222 g/mol. The van der Waals surface area contributed by atoms with Gasteiger partial charge in [0.2, 0.25) is 5.91 Å². The molecule has 0 aromatic carbocycles. The van der Waals surface area contributed by atoms with Gasteiger partial charge in [-0.2, -0.15) is 0 Å². The van der Waals surface area contributed by atoms with Crippen molar-refractivity contribution in [1.29, 1.82) is 0 Å². The summed E-state index contributed by atoms with van der Waals surface area (Å²) < 4.78 is 5.22. The Hall–Kier alpha value is -1.30. The summed E-state index contributed by atoms with van der Waals surface area (Å²) in [6, 6.07) is 0. The predicted molar refractivity (Wildman–Crippen MR) is 63.7 cm³/mol. The number of oxime groups is 1. The van der Waals surface area contributed by atoms with E-state index in [4.69, 9.17) is 15.7 Å². The standard InChI is InChI=1S/C11H21N3O3/c1-8(2)7-13-10(15)11(9(12)14-16)3-5-17-6-4-11/h8,16H,3-7H2,1-2H3,(H2,12,14)(H,13,15). The van der Waals surface area contributed by atoms with Gasteiger partial charge in [-0.15, -0.1) is 0 Å². The Bertz CT molecular complexity index is 296. The molecule has 1 fully saturated rings. The highest BCUT2D eigenvalue weighted by Gasteiger charge is 2.44. The van der Waals surface area contributed by atoms with Crippen LogP contribution in [-0.2, 0) is 9.53 Å². The zero-order valence-electron chi connectivity index (χ0n) is 10.4. The van der Waals surface area contributed by atoms with E-state index in [0.717, 1.165) is 0 Å². The average Bonchev–Trinajstić information content (AvgIpc) is 2.35. The van der Waals surface area contributed by atoms with Crippen LogP contribution in [0.25, 0.3) is 0 Å². The van der Waals surface area contributed by atoms with Crippen LogP contribution >= 0.6 is 0 Å². The van der Waals surface area contributed by atoms with E-state index in [0.29, 0.717) is 38.5 Å². The largest absolute Gasteiger partial charge is 0.409 e. The third-order valence-corrected chi connectivity index (χ3v) is 3.05. The fraction of sp³-hybridized carbons (Fsp3) is 0.818. The lowest BCUT2D eigenvalue weighted by atomic mass is 9.78. The lowest BCUT2D eigenvalue weighted by Gasteiger charge is -2.34. The second-order valence-corrected chi connectivity index (χ2v) is 4.78. The van der Waals surface area contributed by atoms with Gasteiger partial charge in [0.15, 0.2) is 5.84 Å². The average molecular weight is 243 g/mol. The Kier molecular flexibility index (Phi) is 4.74. The van der Waals surface area contributed by atoms with Crippen LogP contribution in [0.2, 0.25) is 0 Å². The molecule has 1 aliphatic rings. The first kappa shape index (κ1) is 13.8. The SMILES string of the molecule is CC(C)CNC(=O)C1(C(N)=NO)CCOCC1. The van der Waals surface area contributed by atoms with Gasteiger partial charge < -0.3 is 21.0 Å². The molecule has 6 nitrogen and oxygen atoms in total. The highest BCUT2D eigenvalue weighted by Crippen LogP contribution is 2.31. The molecule has 1 amide bonds. The van der Waals surface area contributed by atoms with Crippen molar-refractivity contribution in [3.8, 4) is 0 Å². The Morgan fingerprint density at radius 2 is 2.12 bits per heavy atom. The van der Waals surface area contributed by atoms with Gasteiger partial charge in [-0.3, -0.25) is 4.79 Å². The van der Waals surface area contributed by atoms with Gasteiger partial charge in [0.05, 0.1) is 0 Å². The highest BCUT2D eigenvalue weighted by atomic mass is 16.5. The topological polar surface area (TPSA) is 96.9 Å². The lowest BCUT2D eigenvalue weighted by molar-refractivity contribution is -0.131. The Balaban J connectivity index is 2.79. The zero-order valence-corrected chi connectivity index (χ0v) is 10.4. The minimum atomic E-state index is -0.915. The van der Waals surface area contributed by atoms with E-state index in [-0.39, 0.29) is 11.7 Å². The predicted octanol–water partition coefficient (Wildman–Crippen LogP) is 0.302. The van der Waals surface area contributed by atoms with Gasteiger partial charge in [0.25, 0.3) is 0 Å². The number of carbonyl (C=O) groups is 1. The van der Waals surface area contributed by atoms with Crippen LogP contribution in [0.4, 0.5) is 0 Å². The van der Waals surface area contributed by atoms with E-state index in [1.54, 1.807) is 0 Å². The van der Waals surface area contributed by atoms with Crippen molar-refractivity contribution in [1.82, 2.24) is 5.32 Å². The number of nitrogens with zero attached hydrogens (tertiary/aromatic N) is 1. The molecule has 1 heterocycles. The molecule has 0 aliphatic carbocycles. The number of carbonyl (C=O) groups excluding carboxylic acids is 1. The van der Waals surface area contributed by atoms with Crippen molar-refractivity contribution in [2.75, 3.05) is 19.8 Å². The molecule has 17 heavy (non-hydrogen) atoms. The van der Waals surface area contributed by atoms with Gasteiger partial charge >= 0.3 is 0 Å². The summed E-state index contributed by atoms with van der Waals surface area (Å²) in [5.41, 5.74) is 4.76. The number of rotatable bonds is 4. The zero-order chi connectivity index (χ0) is 12.9. The van der Waals surface area contributed by atoms with Gasteiger partial charge in [0, 0.05) is 19.8 Å². The van der Waals surface area contributed by atoms with Gasteiger partial charge in [-0.05, 0) is 18.8 Å². The molecule has 0 saturated carbocycles. The number of hydrogen-bond acceptors (Lipinski definition) is 4. The third-order valence-electron chi connectivity index (χ3n) is 3.05. The minimum Gasteiger partial charge on any atom is -0.409 e. The summed E-state index contributed by atoms with van der Waals surface area (Å²) in [7, 11) is 0. The van der Waals surface area contributed by atoms with E-state index in [2.05, 4.69) is 10.5 Å². The maximum atomic E-state index is 12.2. The monoisotopic (exact) mass is 243 g/mol. The molecule has 98 valence electrons. The van der Waals surface area contributed by atoms with E-state index in [9.17, 15) is 4.79 Å². The van der Waals surface area contributed by atoms with Crippen LogP contribution in [0, 0.1) is 11.3 Å². The molecule has 0 bridgehead atoms. The number of amidine groups is 1. The molecule has 0 aromatic heterocycles. The van der Waals surface area contributed by atoms with Gasteiger partial charge in [-0.25, -0.2) is 0 Å². The van der Waals surface area contributed by atoms with Gasteiger partial charge in [-0.1, -0.05) is 19.0 Å². The van der Waals surface area contributed by atoms with Crippen molar-refractivity contribution in [2.24, 2.45) is 22.2 Å². The molecule has 1 rings (SSSR count). The first-order valence-electron chi connectivity index (χ1n) is 5.87. The summed E-state index contributed by atoms with van der Waals surface area (Å²) >= 11 is 0. The van der Waals surface area contributed by atoms with Crippen molar-refractivity contribution >= 4 is 11.7 Å². The summed E-state index contributed by atoms with van der Waals surface area (Å²) in [6.45, 7) is 5.51. The number of nitrogens with two attached hydrogens (primary N) is 1. The van der Waals surface area contributed by atoms with Gasteiger partial charge in [0.1, 0.15) is 5.41 Å². The first-order chi connectivity index (χ1) is 8.03. The maximum absolute atomic E-state index is 12.2. The summed E-state index contributed by atoms with van der Waals surface area (Å²) in [4.78, 5) is 12.2. The highest BCUT2D eigenvalue weighted by molar-refractivity contribution is 6.06. The molecule has 0 spiro atoms. The molecule has 1 aliphatic heterocycles. The molecule has 0 radical (unpaired) electrons. The maximum Gasteiger partial charge on any atom is 0.234 e. The number of hydrogen-bond donors (Lipinski definition) is 3. The van der Waals surface area contributed by atoms with Crippen LogP contribution in [0.3, 0.4) is 0 Å². The quantitative estimate of drug-likeness (QED) is 0.286. The fourth-order valence-corrected chi connectivity index (χ4v) is 1.88. The molecule has 0 unspecified atom stereocenters. The summed E-state index contributed by atoms with van der Waals surface area (Å²) in [5.74, 6) is 0.162. The van der Waals surface area contributed by atoms with E-state index in [1.165, 1.54) is 0 Å². The Morgan fingerprint density at radius 3 is 2.59 bits per heavy atom. The number of ether oxygens (including phenoxy) is 1. The smallest absolute Gasteiger partial charge is 0.234 e. The van der Waals surface area contributed by atoms with E-state index in [1.807, 2.05) is 13.8 Å². The van der Waals surface area contributed by atoms with Crippen molar-refractivity contribution in [3.63, 3.8) is 0 Å². The first-order valence-corrected chi connectivity index (χ1v) is 5.87. The van der Waals surface area contributed by atoms with Crippen molar-refractivity contribution in [2.45, 2.75) is 26.7 Å². The minimum absolute atomic E-state index is 0.0259. The second-order valence-electron chi connectivity index (χ2n) is 4.78. The molecular formula is C11H21N3O3. The van der Waals surface area contributed by atoms with E-state index >= 15 is 0 Å². The van der Waals surface area contributed by atoms with Crippen LogP contribution in [0.15, 0.2) is 5.16 Å². The second kappa shape index (κ2) is 5.86. The van der Waals surface area contributed by atoms with Crippen molar-refractivity contribution < 1.29 is 14.7 Å². The summed E-state index contributed by atoms with van der Waals surface area (Å²) in [6.07, 6.45) is 0.902. The van der Waals surface area contributed by atoms with Crippen LogP contribution in [0.5, 0.6) is 0 Å². The fourth-order valence-electron chi connectivity index (χ4n) is 1.88. The van der Waals surface area contributed by atoms with Crippen LogP contribution in [-0.4, -0.2) is 36.7 Å². The molecule has 0 aromatic rings. The van der Waals surface area contributed by atoms with Crippen LogP contribution in [0.1, 0.15) is 26.7 Å². The molecule has 0 atom stereocenters. The normalized spacial score (nSPS) is 20.3. The van der Waals surface area contributed by atoms with Crippen molar-refractivity contribution in [3.05, 3.63) is 0 Å².